The molecule has 0 amide bonds. The SMILES string of the molecule is CCOCC(C(C)C)n1c(CCCl)nc2ccc(Cl)cc21. The number of alkyl halides is 1. The second-order valence-electron chi connectivity index (χ2n) is 5.44. The molecule has 0 radical (unpaired) electrons. The van der Waals surface area contributed by atoms with E-state index >= 15 is 0 Å². The molecule has 2 rings (SSSR count). The molecule has 0 spiro atoms. The average Bonchev–Trinajstić information content (AvgIpc) is 2.77. The van der Waals surface area contributed by atoms with Crippen molar-refractivity contribution in [2.24, 2.45) is 5.92 Å². The lowest BCUT2D eigenvalue weighted by Gasteiger charge is -2.25. The van der Waals surface area contributed by atoms with Crippen molar-refractivity contribution >= 4 is 34.2 Å². The van der Waals surface area contributed by atoms with Gasteiger partial charge >= 0.3 is 0 Å². The fourth-order valence-corrected chi connectivity index (χ4v) is 2.89. The summed E-state index contributed by atoms with van der Waals surface area (Å²) in [6.07, 6.45) is 0.739. The van der Waals surface area contributed by atoms with Crippen molar-refractivity contribution in [3.05, 3.63) is 29.0 Å². The Hall–Kier alpha value is -0.770. The fourth-order valence-electron chi connectivity index (χ4n) is 2.55. The van der Waals surface area contributed by atoms with Gasteiger partial charge < -0.3 is 9.30 Å². The quantitative estimate of drug-likeness (QED) is 0.688. The number of aryl methyl sites for hydroxylation is 1. The summed E-state index contributed by atoms with van der Waals surface area (Å²) in [5, 5.41) is 0.722. The highest BCUT2D eigenvalue weighted by Gasteiger charge is 2.22. The molecule has 3 nitrogen and oxygen atoms in total. The Morgan fingerprint density at radius 2 is 2.10 bits per heavy atom. The number of aromatic nitrogens is 2. The molecule has 0 aliphatic carbocycles. The van der Waals surface area contributed by atoms with E-state index in [9.17, 15) is 0 Å². The average molecular weight is 329 g/mol. The van der Waals surface area contributed by atoms with E-state index < -0.39 is 0 Å². The summed E-state index contributed by atoms with van der Waals surface area (Å²) in [5.41, 5.74) is 2.02. The van der Waals surface area contributed by atoms with Gasteiger partial charge in [-0.05, 0) is 31.0 Å². The highest BCUT2D eigenvalue weighted by molar-refractivity contribution is 6.31. The lowest BCUT2D eigenvalue weighted by molar-refractivity contribution is 0.0969. The molecule has 0 saturated heterocycles. The number of fused-ring (bicyclic) bond motifs is 1. The van der Waals surface area contributed by atoms with Crippen molar-refractivity contribution < 1.29 is 4.74 Å². The number of hydrogen-bond acceptors (Lipinski definition) is 2. The summed E-state index contributed by atoms with van der Waals surface area (Å²) < 4.78 is 7.93. The van der Waals surface area contributed by atoms with Crippen LogP contribution in [0, 0.1) is 5.92 Å². The van der Waals surface area contributed by atoms with Crippen molar-refractivity contribution in [3.63, 3.8) is 0 Å². The first-order valence-corrected chi connectivity index (χ1v) is 8.29. The van der Waals surface area contributed by atoms with E-state index in [0.29, 0.717) is 25.0 Å². The normalized spacial score (nSPS) is 13.2. The van der Waals surface area contributed by atoms with E-state index in [2.05, 4.69) is 18.4 Å². The molecule has 1 atom stereocenters. The van der Waals surface area contributed by atoms with Crippen molar-refractivity contribution in [1.82, 2.24) is 9.55 Å². The van der Waals surface area contributed by atoms with Crippen molar-refractivity contribution in [2.75, 3.05) is 19.1 Å². The smallest absolute Gasteiger partial charge is 0.111 e. The summed E-state index contributed by atoms with van der Waals surface area (Å²) in [7, 11) is 0. The van der Waals surface area contributed by atoms with Crippen LogP contribution in [-0.4, -0.2) is 28.6 Å². The zero-order valence-corrected chi connectivity index (χ0v) is 14.3. The van der Waals surface area contributed by atoms with Crippen LogP contribution in [0.15, 0.2) is 18.2 Å². The van der Waals surface area contributed by atoms with Crippen LogP contribution in [0.1, 0.15) is 32.6 Å². The Balaban J connectivity index is 2.55. The van der Waals surface area contributed by atoms with Gasteiger partial charge in [-0.1, -0.05) is 25.4 Å². The lowest BCUT2D eigenvalue weighted by atomic mass is 10.0. The number of halogens is 2. The lowest BCUT2D eigenvalue weighted by Crippen LogP contribution is -2.23. The molecule has 5 heteroatoms. The van der Waals surface area contributed by atoms with Gasteiger partial charge in [0.2, 0.25) is 0 Å². The minimum absolute atomic E-state index is 0.228. The van der Waals surface area contributed by atoms with Crippen LogP contribution in [0.3, 0.4) is 0 Å². The standard InChI is InChI=1S/C16H22Cl2N2O/c1-4-21-10-15(11(2)3)20-14-9-12(18)5-6-13(14)19-16(20)7-8-17/h5-6,9,11,15H,4,7-8,10H2,1-3H3. The zero-order chi connectivity index (χ0) is 15.4. The second-order valence-corrected chi connectivity index (χ2v) is 6.26. The Bertz CT molecular complexity index is 595. The van der Waals surface area contributed by atoms with Gasteiger partial charge in [-0.15, -0.1) is 11.6 Å². The Labute approximate surface area is 136 Å². The van der Waals surface area contributed by atoms with E-state index in [1.54, 1.807) is 0 Å². The molecule has 0 N–H and O–H groups in total. The van der Waals surface area contributed by atoms with Crippen LogP contribution in [0.2, 0.25) is 5.02 Å². The van der Waals surface area contributed by atoms with Gasteiger partial charge in [0, 0.05) is 23.9 Å². The third-order valence-electron chi connectivity index (χ3n) is 3.64. The topological polar surface area (TPSA) is 27.1 Å². The summed E-state index contributed by atoms with van der Waals surface area (Å²) in [6.45, 7) is 7.79. The maximum atomic E-state index is 6.17. The van der Waals surface area contributed by atoms with E-state index in [-0.39, 0.29) is 6.04 Å². The van der Waals surface area contributed by atoms with Gasteiger partial charge in [-0.2, -0.15) is 0 Å². The number of benzene rings is 1. The van der Waals surface area contributed by atoms with Crippen LogP contribution in [0.25, 0.3) is 11.0 Å². The van der Waals surface area contributed by atoms with Gasteiger partial charge in [0.15, 0.2) is 0 Å². The van der Waals surface area contributed by atoms with Gasteiger partial charge in [0.1, 0.15) is 5.82 Å². The molecule has 1 aromatic carbocycles. The molecule has 2 aromatic rings. The molecule has 116 valence electrons. The Morgan fingerprint density at radius 3 is 2.71 bits per heavy atom. The van der Waals surface area contributed by atoms with Crippen molar-refractivity contribution in [2.45, 2.75) is 33.2 Å². The zero-order valence-electron chi connectivity index (χ0n) is 12.8. The third-order valence-corrected chi connectivity index (χ3v) is 4.06. The minimum Gasteiger partial charge on any atom is -0.380 e. The maximum Gasteiger partial charge on any atom is 0.111 e. The molecular formula is C16H22Cl2N2O. The Kier molecular flexibility index (Phi) is 5.91. The van der Waals surface area contributed by atoms with E-state index in [0.717, 1.165) is 28.3 Å². The highest BCUT2D eigenvalue weighted by atomic mass is 35.5. The number of hydrogen-bond donors (Lipinski definition) is 0. The van der Waals surface area contributed by atoms with Crippen LogP contribution in [0.5, 0.6) is 0 Å². The molecule has 0 bridgehead atoms. The highest BCUT2D eigenvalue weighted by Crippen LogP contribution is 2.29. The molecular weight excluding hydrogens is 307 g/mol. The molecule has 0 saturated carbocycles. The molecule has 1 aromatic heterocycles. The maximum absolute atomic E-state index is 6.17. The Morgan fingerprint density at radius 1 is 1.33 bits per heavy atom. The summed E-state index contributed by atoms with van der Waals surface area (Å²) >= 11 is 12.1. The summed E-state index contributed by atoms with van der Waals surface area (Å²) in [6, 6.07) is 6.04. The van der Waals surface area contributed by atoms with E-state index in [4.69, 9.17) is 32.9 Å². The molecule has 0 fully saturated rings. The predicted molar refractivity (Wildman–Crippen MR) is 89.5 cm³/mol. The first-order valence-electron chi connectivity index (χ1n) is 7.38. The summed E-state index contributed by atoms with van der Waals surface area (Å²) in [4.78, 5) is 4.72. The first kappa shape index (κ1) is 16.6. The first-order chi connectivity index (χ1) is 10.1. The van der Waals surface area contributed by atoms with Crippen molar-refractivity contribution in [1.29, 1.82) is 0 Å². The van der Waals surface area contributed by atoms with Crippen LogP contribution in [0.4, 0.5) is 0 Å². The molecule has 1 unspecified atom stereocenters. The largest absolute Gasteiger partial charge is 0.380 e. The van der Waals surface area contributed by atoms with Gasteiger partial charge in [0.05, 0.1) is 23.7 Å². The van der Waals surface area contributed by atoms with Gasteiger partial charge in [-0.25, -0.2) is 4.98 Å². The number of rotatable bonds is 7. The summed E-state index contributed by atoms with van der Waals surface area (Å²) in [5.74, 6) is 1.99. The molecule has 1 heterocycles. The number of imidazole rings is 1. The minimum atomic E-state index is 0.228. The van der Waals surface area contributed by atoms with E-state index in [1.165, 1.54) is 0 Å². The number of ether oxygens (including phenoxy) is 1. The van der Waals surface area contributed by atoms with Crippen LogP contribution < -0.4 is 0 Å². The van der Waals surface area contributed by atoms with Crippen molar-refractivity contribution in [3.8, 4) is 0 Å². The monoisotopic (exact) mass is 328 g/mol. The molecule has 0 aliphatic heterocycles. The third kappa shape index (κ3) is 3.71. The second kappa shape index (κ2) is 7.48. The molecule has 0 aliphatic rings. The predicted octanol–water partition coefficient (Wildman–Crippen LogP) is 4.70. The van der Waals surface area contributed by atoms with Crippen LogP contribution in [-0.2, 0) is 11.2 Å². The molecule has 21 heavy (non-hydrogen) atoms. The van der Waals surface area contributed by atoms with Gasteiger partial charge in [0.25, 0.3) is 0 Å². The fraction of sp³-hybridized carbons (Fsp3) is 0.562. The number of nitrogens with zero attached hydrogens (tertiary/aromatic N) is 2. The van der Waals surface area contributed by atoms with Gasteiger partial charge in [-0.3, -0.25) is 0 Å². The van der Waals surface area contributed by atoms with Crippen LogP contribution >= 0.6 is 23.2 Å². The van der Waals surface area contributed by atoms with E-state index in [1.807, 2.05) is 25.1 Å².